The Kier molecular flexibility index (Phi) is 7.11. The molecular weight excluding hydrogens is 412 g/mol. The molecule has 1 aromatic heterocycles. The number of halogens is 1. The third-order valence-corrected chi connectivity index (χ3v) is 6.45. The molecule has 1 unspecified atom stereocenters. The number of fused-ring (bicyclic) bond motifs is 1. The summed E-state index contributed by atoms with van der Waals surface area (Å²) in [5, 5.41) is 0.784. The molecule has 0 saturated heterocycles. The molecule has 0 amide bonds. The van der Waals surface area contributed by atoms with Crippen molar-refractivity contribution < 1.29 is 4.74 Å². The molecule has 1 atom stereocenters. The van der Waals surface area contributed by atoms with Gasteiger partial charge in [-0.3, -0.25) is 0 Å². The molecule has 4 aromatic rings. The number of thioether (sulfide) groups is 1. The van der Waals surface area contributed by atoms with E-state index in [9.17, 15) is 0 Å². The molecule has 0 aliphatic carbocycles. The maximum absolute atomic E-state index is 6.28. The lowest BCUT2D eigenvalue weighted by Gasteiger charge is -2.19. The molecule has 0 N–H and O–H groups in total. The van der Waals surface area contributed by atoms with Crippen molar-refractivity contribution in [1.82, 2.24) is 9.55 Å². The Bertz CT molecular complexity index is 1080. The van der Waals surface area contributed by atoms with Gasteiger partial charge in [-0.25, -0.2) is 4.98 Å². The van der Waals surface area contributed by atoms with E-state index >= 15 is 0 Å². The highest BCUT2D eigenvalue weighted by Gasteiger charge is 2.23. The Morgan fingerprint density at radius 1 is 1.00 bits per heavy atom. The first-order valence-electron chi connectivity index (χ1n) is 10.3. The van der Waals surface area contributed by atoms with Crippen molar-refractivity contribution in [3.8, 4) is 0 Å². The second-order valence-corrected chi connectivity index (χ2v) is 8.64. The van der Waals surface area contributed by atoms with Gasteiger partial charge >= 0.3 is 0 Å². The van der Waals surface area contributed by atoms with E-state index in [4.69, 9.17) is 21.3 Å². The van der Waals surface area contributed by atoms with Gasteiger partial charge in [0.15, 0.2) is 0 Å². The van der Waals surface area contributed by atoms with E-state index < -0.39 is 0 Å². The first-order chi connectivity index (χ1) is 14.8. The smallest absolute Gasteiger partial charge is 0.127 e. The summed E-state index contributed by atoms with van der Waals surface area (Å²) in [6.45, 7) is 4.36. The van der Waals surface area contributed by atoms with E-state index in [1.807, 2.05) is 36.9 Å². The van der Waals surface area contributed by atoms with Crippen molar-refractivity contribution >= 4 is 34.4 Å². The first kappa shape index (κ1) is 21.0. The van der Waals surface area contributed by atoms with Crippen LogP contribution in [0.15, 0.2) is 83.8 Å². The fourth-order valence-corrected chi connectivity index (χ4v) is 4.89. The van der Waals surface area contributed by atoms with Crippen LogP contribution in [-0.2, 0) is 11.3 Å². The minimum absolute atomic E-state index is 0.0758. The van der Waals surface area contributed by atoms with Gasteiger partial charge in [-0.2, -0.15) is 0 Å². The van der Waals surface area contributed by atoms with E-state index in [0.29, 0.717) is 5.02 Å². The molecule has 0 aliphatic rings. The maximum atomic E-state index is 6.28. The molecule has 0 bridgehead atoms. The highest BCUT2D eigenvalue weighted by atomic mass is 35.5. The largest absolute Gasteiger partial charge is 0.382 e. The van der Waals surface area contributed by atoms with Gasteiger partial charge in [-0.05, 0) is 49.2 Å². The number of benzene rings is 3. The number of hydrogen-bond acceptors (Lipinski definition) is 3. The van der Waals surface area contributed by atoms with Crippen LogP contribution >= 0.6 is 23.4 Å². The van der Waals surface area contributed by atoms with Crippen LogP contribution in [0.3, 0.4) is 0 Å². The summed E-state index contributed by atoms with van der Waals surface area (Å²) in [7, 11) is 0. The minimum atomic E-state index is 0.0758. The van der Waals surface area contributed by atoms with Crippen LogP contribution in [0.4, 0.5) is 0 Å². The predicted molar refractivity (Wildman–Crippen MR) is 126 cm³/mol. The highest BCUT2D eigenvalue weighted by Crippen LogP contribution is 2.41. The van der Waals surface area contributed by atoms with Crippen molar-refractivity contribution in [3.05, 3.63) is 95.3 Å². The standard InChI is InChI=1S/C25H25ClN2OS/c1-2-29-17-9-16-28-23-15-14-20(26)18-22(23)27-25(28)24(19-10-5-3-6-11-19)30-21-12-7-4-8-13-21/h3-8,10-15,18,24H,2,9,16-17H2,1H3. The summed E-state index contributed by atoms with van der Waals surface area (Å²) < 4.78 is 7.92. The summed E-state index contributed by atoms with van der Waals surface area (Å²) >= 11 is 8.10. The Morgan fingerprint density at radius 2 is 1.73 bits per heavy atom. The average Bonchev–Trinajstić information content (AvgIpc) is 3.13. The van der Waals surface area contributed by atoms with Crippen LogP contribution in [0, 0.1) is 0 Å². The fraction of sp³-hybridized carbons (Fsp3) is 0.240. The second-order valence-electron chi connectivity index (χ2n) is 7.03. The number of hydrogen-bond donors (Lipinski definition) is 0. The minimum Gasteiger partial charge on any atom is -0.382 e. The van der Waals surface area contributed by atoms with Crippen LogP contribution in [0.1, 0.15) is 30.0 Å². The molecule has 3 nitrogen and oxygen atoms in total. The first-order valence-corrected chi connectivity index (χ1v) is 11.5. The lowest BCUT2D eigenvalue weighted by molar-refractivity contribution is 0.141. The summed E-state index contributed by atoms with van der Waals surface area (Å²) in [4.78, 5) is 6.28. The van der Waals surface area contributed by atoms with E-state index in [1.165, 1.54) is 10.5 Å². The quantitative estimate of drug-likeness (QED) is 0.209. The highest BCUT2D eigenvalue weighted by molar-refractivity contribution is 7.99. The number of ether oxygens (including phenoxy) is 1. The van der Waals surface area contributed by atoms with E-state index in [0.717, 1.165) is 43.0 Å². The molecule has 3 aromatic carbocycles. The third-order valence-electron chi connectivity index (χ3n) is 4.95. The molecule has 0 saturated carbocycles. The summed E-state index contributed by atoms with van der Waals surface area (Å²) in [5.41, 5.74) is 3.28. The van der Waals surface area contributed by atoms with Gasteiger partial charge in [0.2, 0.25) is 0 Å². The van der Waals surface area contributed by atoms with Crippen LogP contribution in [0.2, 0.25) is 5.02 Å². The molecular formula is C25H25ClN2OS. The van der Waals surface area contributed by atoms with E-state index in [1.54, 1.807) is 0 Å². The Morgan fingerprint density at radius 3 is 2.47 bits per heavy atom. The maximum Gasteiger partial charge on any atom is 0.127 e. The molecule has 0 spiro atoms. The van der Waals surface area contributed by atoms with Gasteiger partial charge in [0, 0.05) is 29.7 Å². The molecule has 0 radical (unpaired) electrons. The lowest BCUT2D eigenvalue weighted by atomic mass is 10.1. The monoisotopic (exact) mass is 436 g/mol. The molecule has 30 heavy (non-hydrogen) atoms. The van der Waals surface area contributed by atoms with Gasteiger partial charge in [0.1, 0.15) is 5.82 Å². The van der Waals surface area contributed by atoms with Crippen molar-refractivity contribution in [1.29, 1.82) is 0 Å². The van der Waals surface area contributed by atoms with E-state index in [2.05, 4.69) is 65.2 Å². The van der Waals surface area contributed by atoms with Crippen LogP contribution < -0.4 is 0 Å². The zero-order valence-corrected chi connectivity index (χ0v) is 18.6. The van der Waals surface area contributed by atoms with Crippen molar-refractivity contribution in [2.24, 2.45) is 0 Å². The lowest BCUT2D eigenvalue weighted by Crippen LogP contribution is -2.10. The van der Waals surface area contributed by atoms with Crippen LogP contribution in [0.5, 0.6) is 0 Å². The number of imidazole rings is 1. The summed E-state index contributed by atoms with van der Waals surface area (Å²) in [5.74, 6) is 1.05. The predicted octanol–water partition coefficient (Wildman–Crippen LogP) is 7.00. The number of nitrogens with zero attached hydrogens (tertiary/aromatic N) is 2. The Balaban J connectivity index is 1.79. The van der Waals surface area contributed by atoms with Gasteiger partial charge in [0.05, 0.1) is 16.3 Å². The van der Waals surface area contributed by atoms with Crippen LogP contribution in [-0.4, -0.2) is 22.8 Å². The summed E-state index contributed by atoms with van der Waals surface area (Å²) in [6, 6.07) is 27.1. The third kappa shape index (κ3) is 4.89. The van der Waals surface area contributed by atoms with Crippen LogP contribution in [0.25, 0.3) is 11.0 Å². The Hall–Kier alpha value is -2.27. The summed E-state index contributed by atoms with van der Waals surface area (Å²) in [6.07, 6.45) is 0.937. The molecule has 154 valence electrons. The second kappa shape index (κ2) is 10.2. The molecule has 1 heterocycles. The van der Waals surface area contributed by atoms with Crippen molar-refractivity contribution in [2.75, 3.05) is 13.2 Å². The van der Waals surface area contributed by atoms with Gasteiger partial charge in [-0.1, -0.05) is 60.1 Å². The zero-order valence-electron chi connectivity index (χ0n) is 17.0. The van der Waals surface area contributed by atoms with Crippen molar-refractivity contribution in [3.63, 3.8) is 0 Å². The van der Waals surface area contributed by atoms with Gasteiger partial charge < -0.3 is 9.30 Å². The molecule has 0 fully saturated rings. The normalized spacial score (nSPS) is 12.3. The molecule has 5 heteroatoms. The topological polar surface area (TPSA) is 27.1 Å². The van der Waals surface area contributed by atoms with Gasteiger partial charge in [0.25, 0.3) is 0 Å². The van der Waals surface area contributed by atoms with Gasteiger partial charge in [-0.15, -0.1) is 11.8 Å². The number of aryl methyl sites for hydroxylation is 1. The number of rotatable bonds is 9. The fourth-order valence-electron chi connectivity index (χ4n) is 3.56. The SMILES string of the molecule is CCOCCCn1c(C(Sc2ccccc2)c2ccccc2)nc2cc(Cl)ccc21. The Labute approximate surface area is 187 Å². The van der Waals surface area contributed by atoms with E-state index in [-0.39, 0.29) is 5.25 Å². The number of aromatic nitrogens is 2. The zero-order chi connectivity index (χ0) is 20.8. The molecule has 0 aliphatic heterocycles. The van der Waals surface area contributed by atoms with Crippen molar-refractivity contribution in [2.45, 2.75) is 30.0 Å². The average molecular weight is 437 g/mol. The molecule has 4 rings (SSSR count).